The van der Waals surface area contributed by atoms with Crippen LogP contribution in [0.2, 0.25) is 0 Å². The molecule has 0 heterocycles. The van der Waals surface area contributed by atoms with Crippen molar-refractivity contribution in [1.82, 2.24) is 0 Å². The van der Waals surface area contributed by atoms with Gasteiger partial charge < -0.3 is 10.1 Å². The lowest BCUT2D eigenvalue weighted by molar-refractivity contribution is -0.153. The van der Waals surface area contributed by atoms with Gasteiger partial charge in [-0.15, -0.1) is 0 Å². The fourth-order valence-corrected chi connectivity index (χ4v) is 3.76. The highest BCUT2D eigenvalue weighted by atomic mass is 16.5. The maximum atomic E-state index is 12.4. The number of para-hydroxylation sites is 1. The molecule has 2 aromatic carbocycles. The van der Waals surface area contributed by atoms with Crippen molar-refractivity contribution in [3.05, 3.63) is 64.7 Å². The summed E-state index contributed by atoms with van der Waals surface area (Å²) in [5.41, 5.74) is 4.91. The number of ether oxygens (including phenoxy) is 1. The summed E-state index contributed by atoms with van der Waals surface area (Å²) in [5, 5.41) is 2.83. The average Bonchev–Trinajstić information content (AvgIpc) is 3.20. The van der Waals surface area contributed by atoms with E-state index in [1.807, 2.05) is 56.3 Å². The molecule has 0 fully saturated rings. The molecule has 3 rings (SSSR count). The molecule has 0 spiro atoms. The zero-order valence-electron chi connectivity index (χ0n) is 17.9. The Balaban J connectivity index is 1.49. The maximum absolute atomic E-state index is 12.4. The summed E-state index contributed by atoms with van der Waals surface area (Å²) in [4.78, 5) is 37.0. The van der Waals surface area contributed by atoms with E-state index in [1.54, 1.807) is 0 Å². The van der Waals surface area contributed by atoms with Crippen LogP contribution in [0.1, 0.15) is 73.0 Å². The SMILES string of the molecule is CC(C)c1ccccc1NC(=O)[C@@H](C)OC(=O)CCC(=O)c1ccc2c(c1)CCC2. The standard InChI is InChI=1S/C25H29NO4/c1-16(2)21-9-4-5-10-22(21)26-25(29)17(3)30-24(28)14-13-23(27)20-12-11-18-7-6-8-19(18)15-20/h4-5,9-12,15-17H,6-8,13-14H2,1-3H3,(H,26,29)/t17-/m1/s1. The molecule has 0 unspecified atom stereocenters. The number of esters is 1. The number of rotatable bonds is 8. The average molecular weight is 408 g/mol. The highest BCUT2D eigenvalue weighted by molar-refractivity contribution is 5.98. The van der Waals surface area contributed by atoms with E-state index in [0.29, 0.717) is 11.3 Å². The smallest absolute Gasteiger partial charge is 0.307 e. The van der Waals surface area contributed by atoms with E-state index >= 15 is 0 Å². The van der Waals surface area contributed by atoms with E-state index in [4.69, 9.17) is 4.74 Å². The fraction of sp³-hybridized carbons (Fsp3) is 0.400. The van der Waals surface area contributed by atoms with Gasteiger partial charge in [0.15, 0.2) is 11.9 Å². The maximum Gasteiger partial charge on any atom is 0.307 e. The third kappa shape index (κ3) is 5.35. The Morgan fingerprint density at radius 3 is 2.47 bits per heavy atom. The second-order valence-corrected chi connectivity index (χ2v) is 8.12. The summed E-state index contributed by atoms with van der Waals surface area (Å²) in [6.07, 6.45) is 2.29. The minimum absolute atomic E-state index is 0.0455. The largest absolute Gasteiger partial charge is 0.453 e. The lowest BCUT2D eigenvalue weighted by atomic mass is 10.0. The van der Waals surface area contributed by atoms with Crippen LogP contribution in [0.3, 0.4) is 0 Å². The van der Waals surface area contributed by atoms with Gasteiger partial charge in [-0.3, -0.25) is 14.4 Å². The lowest BCUT2D eigenvalue weighted by Gasteiger charge is -2.17. The van der Waals surface area contributed by atoms with E-state index < -0.39 is 12.1 Å². The molecule has 158 valence electrons. The summed E-state index contributed by atoms with van der Waals surface area (Å²) < 4.78 is 5.24. The van der Waals surface area contributed by atoms with Crippen molar-refractivity contribution in [2.45, 2.75) is 64.9 Å². The lowest BCUT2D eigenvalue weighted by Crippen LogP contribution is -2.30. The summed E-state index contributed by atoms with van der Waals surface area (Å²) in [7, 11) is 0. The second-order valence-electron chi connectivity index (χ2n) is 8.12. The van der Waals surface area contributed by atoms with E-state index in [1.165, 1.54) is 18.1 Å². The number of hydrogen-bond acceptors (Lipinski definition) is 4. The van der Waals surface area contributed by atoms with Crippen molar-refractivity contribution < 1.29 is 19.1 Å². The van der Waals surface area contributed by atoms with Crippen LogP contribution in [0, 0.1) is 0 Å². The number of carbonyl (C=O) groups is 3. The van der Waals surface area contributed by atoms with Gasteiger partial charge in [-0.2, -0.15) is 0 Å². The Kier molecular flexibility index (Phi) is 7.03. The van der Waals surface area contributed by atoms with Crippen molar-refractivity contribution in [2.24, 2.45) is 0 Å². The van der Waals surface area contributed by atoms with Gasteiger partial charge in [0.25, 0.3) is 5.91 Å². The molecule has 1 aliphatic rings. The van der Waals surface area contributed by atoms with Crippen LogP contribution in [0.15, 0.2) is 42.5 Å². The predicted octanol–water partition coefficient (Wildman–Crippen LogP) is 4.83. The third-order valence-electron chi connectivity index (χ3n) is 5.49. The van der Waals surface area contributed by atoms with Gasteiger partial charge in [-0.1, -0.05) is 44.2 Å². The Bertz CT molecular complexity index is 948. The zero-order valence-corrected chi connectivity index (χ0v) is 17.9. The van der Waals surface area contributed by atoms with Gasteiger partial charge in [0.2, 0.25) is 0 Å². The minimum Gasteiger partial charge on any atom is -0.453 e. The Morgan fingerprint density at radius 2 is 1.70 bits per heavy atom. The number of nitrogens with one attached hydrogen (secondary N) is 1. The molecule has 1 N–H and O–H groups in total. The number of amides is 1. The summed E-state index contributed by atoms with van der Waals surface area (Å²) in [5.74, 6) is -0.764. The summed E-state index contributed by atoms with van der Waals surface area (Å²) >= 11 is 0. The molecule has 0 aromatic heterocycles. The van der Waals surface area contributed by atoms with Crippen molar-refractivity contribution in [3.8, 4) is 0 Å². The number of carbonyl (C=O) groups excluding carboxylic acids is 3. The molecular weight excluding hydrogens is 378 g/mol. The molecule has 5 nitrogen and oxygen atoms in total. The van der Waals surface area contributed by atoms with Gasteiger partial charge in [0, 0.05) is 17.7 Å². The molecule has 0 saturated carbocycles. The Hall–Kier alpha value is -2.95. The predicted molar refractivity (Wildman–Crippen MR) is 117 cm³/mol. The molecule has 0 saturated heterocycles. The van der Waals surface area contributed by atoms with E-state index in [-0.39, 0.29) is 30.4 Å². The van der Waals surface area contributed by atoms with Crippen molar-refractivity contribution in [1.29, 1.82) is 0 Å². The molecule has 0 aliphatic heterocycles. The first-order valence-electron chi connectivity index (χ1n) is 10.6. The van der Waals surface area contributed by atoms with E-state index in [2.05, 4.69) is 5.32 Å². The van der Waals surface area contributed by atoms with Crippen molar-refractivity contribution >= 4 is 23.3 Å². The topological polar surface area (TPSA) is 72.5 Å². The minimum atomic E-state index is -0.937. The Morgan fingerprint density at radius 1 is 0.967 bits per heavy atom. The first-order valence-corrected chi connectivity index (χ1v) is 10.6. The number of Topliss-reactive ketones (excluding diaryl/α,β-unsaturated/α-hetero) is 1. The first kappa shape index (κ1) is 21.8. The van der Waals surface area contributed by atoms with Crippen molar-refractivity contribution in [2.75, 3.05) is 5.32 Å². The number of aryl methyl sites for hydroxylation is 2. The zero-order chi connectivity index (χ0) is 21.7. The molecule has 0 radical (unpaired) electrons. The molecule has 2 aromatic rings. The van der Waals surface area contributed by atoms with Gasteiger partial charge in [-0.05, 0) is 60.9 Å². The van der Waals surface area contributed by atoms with Crippen LogP contribution in [-0.2, 0) is 27.2 Å². The molecule has 5 heteroatoms. The number of anilines is 1. The monoisotopic (exact) mass is 407 g/mol. The molecule has 1 amide bonds. The van der Waals surface area contributed by atoms with E-state index in [9.17, 15) is 14.4 Å². The van der Waals surface area contributed by atoms with Crippen LogP contribution in [0.25, 0.3) is 0 Å². The van der Waals surface area contributed by atoms with Crippen LogP contribution in [0.5, 0.6) is 0 Å². The molecular formula is C25H29NO4. The van der Waals surface area contributed by atoms with Gasteiger partial charge in [0.05, 0.1) is 6.42 Å². The quantitative estimate of drug-likeness (QED) is 0.502. The van der Waals surface area contributed by atoms with Gasteiger partial charge >= 0.3 is 5.97 Å². The number of ketones is 1. The normalized spacial score (nSPS) is 13.6. The van der Waals surface area contributed by atoms with Crippen molar-refractivity contribution in [3.63, 3.8) is 0 Å². The molecule has 1 aliphatic carbocycles. The fourth-order valence-electron chi connectivity index (χ4n) is 3.76. The highest BCUT2D eigenvalue weighted by Crippen LogP contribution is 2.25. The van der Waals surface area contributed by atoms with Crippen LogP contribution in [0.4, 0.5) is 5.69 Å². The number of fused-ring (bicyclic) bond motifs is 1. The first-order chi connectivity index (χ1) is 14.3. The summed E-state index contributed by atoms with van der Waals surface area (Å²) in [6, 6.07) is 13.3. The number of hydrogen-bond donors (Lipinski definition) is 1. The molecule has 0 bridgehead atoms. The Labute approximate surface area is 177 Å². The van der Waals surface area contributed by atoms with Crippen LogP contribution in [-0.4, -0.2) is 23.8 Å². The van der Waals surface area contributed by atoms with Crippen LogP contribution < -0.4 is 5.32 Å². The van der Waals surface area contributed by atoms with Gasteiger partial charge in [-0.25, -0.2) is 0 Å². The number of benzene rings is 2. The summed E-state index contributed by atoms with van der Waals surface area (Å²) in [6.45, 7) is 5.63. The molecule has 30 heavy (non-hydrogen) atoms. The van der Waals surface area contributed by atoms with Crippen LogP contribution >= 0.6 is 0 Å². The van der Waals surface area contributed by atoms with Gasteiger partial charge in [0.1, 0.15) is 0 Å². The second kappa shape index (κ2) is 9.70. The van der Waals surface area contributed by atoms with E-state index in [0.717, 1.165) is 24.8 Å². The molecule has 1 atom stereocenters. The highest BCUT2D eigenvalue weighted by Gasteiger charge is 2.20. The third-order valence-corrected chi connectivity index (χ3v) is 5.49.